The Kier molecular flexibility index (Phi) is 4.48. The molecule has 1 unspecified atom stereocenters. The number of piperidine rings is 1. The molecule has 0 bridgehead atoms. The van der Waals surface area contributed by atoms with Gasteiger partial charge in [-0.15, -0.1) is 0 Å². The fourth-order valence-corrected chi connectivity index (χ4v) is 2.89. The first-order chi connectivity index (χ1) is 9.45. The molecule has 1 heterocycles. The molecule has 0 saturated carbocycles. The van der Waals surface area contributed by atoms with E-state index in [1.54, 1.807) is 0 Å². The second kappa shape index (κ2) is 5.96. The molecule has 2 rings (SSSR count). The summed E-state index contributed by atoms with van der Waals surface area (Å²) in [6, 6.07) is 8.19. The number of hydrogen-bond donors (Lipinski definition) is 1. The van der Waals surface area contributed by atoms with Crippen LogP contribution in [0.25, 0.3) is 0 Å². The lowest BCUT2D eigenvalue weighted by atomic mass is 9.82. The Morgan fingerprint density at radius 1 is 1.35 bits per heavy atom. The molecule has 1 fully saturated rings. The molecule has 1 atom stereocenters. The van der Waals surface area contributed by atoms with Crippen molar-refractivity contribution in [1.82, 2.24) is 4.90 Å². The van der Waals surface area contributed by atoms with Gasteiger partial charge in [-0.3, -0.25) is 4.79 Å². The van der Waals surface area contributed by atoms with E-state index in [1.807, 2.05) is 30.9 Å². The van der Waals surface area contributed by atoms with Crippen molar-refractivity contribution in [2.75, 3.05) is 19.7 Å². The number of aliphatic hydroxyl groups excluding tert-OH is 1. The standard InChI is InChI=1S/C17H25NO2/c1-13-6-8-15(9-7-13)17(2,3)16(20)18-10-4-5-14(11-18)12-19/h6-9,14,19H,4-5,10-12H2,1-3H3. The topological polar surface area (TPSA) is 40.5 Å². The van der Waals surface area contributed by atoms with Crippen LogP contribution in [0.15, 0.2) is 24.3 Å². The van der Waals surface area contributed by atoms with Gasteiger partial charge in [-0.25, -0.2) is 0 Å². The van der Waals surface area contributed by atoms with Gasteiger partial charge in [0.1, 0.15) is 0 Å². The van der Waals surface area contributed by atoms with Crippen LogP contribution in [0.3, 0.4) is 0 Å². The average Bonchev–Trinajstić information content (AvgIpc) is 2.47. The fraction of sp³-hybridized carbons (Fsp3) is 0.588. The highest BCUT2D eigenvalue weighted by molar-refractivity contribution is 5.87. The van der Waals surface area contributed by atoms with Gasteiger partial charge in [-0.2, -0.15) is 0 Å². The maximum absolute atomic E-state index is 12.8. The van der Waals surface area contributed by atoms with Crippen molar-refractivity contribution in [3.05, 3.63) is 35.4 Å². The van der Waals surface area contributed by atoms with E-state index in [9.17, 15) is 9.90 Å². The minimum atomic E-state index is -0.509. The molecule has 1 aromatic rings. The van der Waals surface area contributed by atoms with E-state index >= 15 is 0 Å². The van der Waals surface area contributed by atoms with Crippen LogP contribution in [-0.4, -0.2) is 35.6 Å². The molecule has 110 valence electrons. The predicted molar refractivity (Wildman–Crippen MR) is 80.6 cm³/mol. The van der Waals surface area contributed by atoms with Crippen LogP contribution in [0.4, 0.5) is 0 Å². The number of carbonyl (C=O) groups excluding carboxylic acids is 1. The van der Waals surface area contributed by atoms with Gasteiger partial charge in [0.2, 0.25) is 5.91 Å². The molecular formula is C17H25NO2. The van der Waals surface area contributed by atoms with Crippen molar-refractivity contribution < 1.29 is 9.90 Å². The highest BCUT2D eigenvalue weighted by atomic mass is 16.3. The Balaban J connectivity index is 2.16. The zero-order valence-corrected chi connectivity index (χ0v) is 12.7. The third kappa shape index (κ3) is 3.04. The highest BCUT2D eigenvalue weighted by Gasteiger charge is 2.35. The smallest absolute Gasteiger partial charge is 0.232 e. The van der Waals surface area contributed by atoms with E-state index in [0.717, 1.165) is 24.9 Å². The third-order valence-corrected chi connectivity index (χ3v) is 4.37. The fourth-order valence-electron chi connectivity index (χ4n) is 2.89. The predicted octanol–water partition coefficient (Wildman–Crippen LogP) is 2.50. The number of benzene rings is 1. The molecule has 1 amide bonds. The van der Waals surface area contributed by atoms with E-state index in [1.165, 1.54) is 5.56 Å². The summed E-state index contributed by atoms with van der Waals surface area (Å²) in [5.41, 5.74) is 1.75. The van der Waals surface area contributed by atoms with E-state index in [4.69, 9.17) is 0 Å². The maximum atomic E-state index is 12.8. The summed E-state index contributed by atoms with van der Waals surface area (Å²) in [4.78, 5) is 14.7. The molecule has 0 radical (unpaired) electrons. The van der Waals surface area contributed by atoms with Crippen LogP contribution in [0, 0.1) is 12.8 Å². The molecule has 1 saturated heterocycles. The summed E-state index contributed by atoms with van der Waals surface area (Å²) in [7, 11) is 0. The van der Waals surface area contributed by atoms with Gasteiger partial charge in [-0.05, 0) is 45.1 Å². The van der Waals surface area contributed by atoms with E-state index in [0.29, 0.717) is 6.54 Å². The SMILES string of the molecule is Cc1ccc(C(C)(C)C(=O)N2CCCC(CO)C2)cc1. The lowest BCUT2D eigenvalue weighted by Gasteiger charge is -2.37. The Bertz CT molecular complexity index is 464. The first-order valence-electron chi connectivity index (χ1n) is 7.42. The quantitative estimate of drug-likeness (QED) is 0.920. The van der Waals surface area contributed by atoms with Crippen molar-refractivity contribution in [1.29, 1.82) is 0 Å². The van der Waals surface area contributed by atoms with Crippen LogP contribution in [-0.2, 0) is 10.2 Å². The summed E-state index contributed by atoms with van der Waals surface area (Å²) in [5, 5.41) is 9.30. The maximum Gasteiger partial charge on any atom is 0.232 e. The number of amides is 1. The third-order valence-electron chi connectivity index (χ3n) is 4.37. The zero-order chi connectivity index (χ0) is 14.8. The van der Waals surface area contributed by atoms with Crippen LogP contribution < -0.4 is 0 Å². The molecule has 0 spiro atoms. The largest absolute Gasteiger partial charge is 0.396 e. The molecule has 1 aromatic carbocycles. The van der Waals surface area contributed by atoms with E-state index in [2.05, 4.69) is 19.1 Å². The van der Waals surface area contributed by atoms with Crippen molar-refractivity contribution in [2.24, 2.45) is 5.92 Å². The first-order valence-corrected chi connectivity index (χ1v) is 7.42. The number of rotatable bonds is 3. The van der Waals surface area contributed by atoms with Crippen molar-refractivity contribution in [3.8, 4) is 0 Å². The minimum Gasteiger partial charge on any atom is -0.396 e. The summed E-state index contributed by atoms with van der Waals surface area (Å²) in [6.45, 7) is 7.70. The number of hydrogen-bond acceptors (Lipinski definition) is 2. The van der Waals surface area contributed by atoms with Gasteiger partial charge in [-0.1, -0.05) is 29.8 Å². The molecule has 3 nitrogen and oxygen atoms in total. The normalized spacial score (nSPS) is 20.0. The monoisotopic (exact) mass is 275 g/mol. The Morgan fingerprint density at radius 2 is 2.00 bits per heavy atom. The molecule has 20 heavy (non-hydrogen) atoms. The molecule has 1 aliphatic heterocycles. The Hall–Kier alpha value is -1.35. The lowest BCUT2D eigenvalue weighted by Crippen LogP contribution is -2.48. The second-order valence-corrected chi connectivity index (χ2v) is 6.43. The minimum absolute atomic E-state index is 0.166. The van der Waals surface area contributed by atoms with Crippen molar-refractivity contribution in [2.45, 2.75) is 39.0 Å². The number of aliphatic hydroxyl groups is 1. The van der Waals surface area contributed by atoms with Gasteiger partial charge in [0.15, 0.2) is 0 Å². The average molecular weight is 275 g/mol. The number of aryl methyl sites for hydroxylation is 1. The van der Waals surface area contributed by atoms with Gasteiger partial charge in [0, 0.05) is 19.7 Å². The molecular weight excluding hydrogens is 250 g/mol. The lowest BCUT2D eigenvalue weighted by molar-refractivity contribution is -0.138. The number of carbonyl (C=O) groups is 1. The summed E-state index contributed by atoms with van der Waals surface area (Å²) in [5.74, 6) is 0.404. The molecule has 0 aliphatic carbocycles. The van der Waals surface area contributed by atoms with E-state index in [-0.39, 0.29) is 18.4 Å². The van der Waals surface area contributed by atoms with Gasteiger partial charge in [0.25, 0.3) is 0 Å². The summed E-state index contributed by atoms with van der Waals surface area (Å²) >= 11 is 0. The summed E-state index contributed by atoms with van der Waals surface area (Å²) < 4.78 is 0. The van der Waals surface area contributed by atoms with Crippen molar-refractivity contribution >= 4 is 5.91 Å². The van der Waals surface area contributed by atoms with Crippen molar-refractivity contribution in [3.63, 3.8) is 0 Å². The van der Waals surface area contributed by atoms with Crippen LogP contribution >= 0.6 is 0 Å². The first kappa shape index (κ1) is 15.0. The van der Waals surface area contributed by atoms with Gasteiger partial charge < -0.3 is 10.0 Å². The molecule has 3 heteroatoms. The van der Waals surface area contributed by atoms with Crippen LogP contribution in [0.1, 0.15) is 37.8 Å². The zero-order valence-electron chi connectivity index (χ0n) is 12.7. The second-order valence-electron chi connectivity index (χ2n) is 6.43. The van der Waals surface area contributed by atoms with E-state index < -0.39 is 5.41 Å². The molecule has 1 aliphatic rings. The van der Waals surface area contributed by atoms with Crippen LogP contribution in [0.2, 0.25) is 0 Å². The van der Waals surface area contributed by atoms with Gasteiger partial charge in [0.05, 0.1) is 5.41 Å². The number of nitrogens with zero attached hydrogens (tertiary/aromatic N) is 1. The van der Waals surface area contributed by atoms with Gasteiger partial charge >= 0.3 is 0 Å². The summed E-state index contributed by atoms with van der Waals surface area (Å²) in [6.07, 6.45) is 2.01. The molecule has 0 aromatic heterocycles. The number of likely N-dealkylation sites (tertiary alicyclic amines) is 1. The Labute approximate surface area is 121 Å². The van der Waals surface area contributed by atoms with Crippen LogP contribution in [0.5, 0.6) is 0 Å². The Morgan fingerprint density at radius 3 is 2.60 bits per heavy atom. The molecule has 1 N–H and O–H groups in total. The highest BCUT2D eigenvalue weighted by Crippen LogP contribution is 2.28.